The number of hydrogen-bond donors (Lipinski definition) is 0. The fraction of sp³-hybridized carbons (Fsp3) is 0.231. The van der Waals surface area contributed by atoms with E-state index in [1.807, 2.05) is 0 Å². The highest BCUT2D eigenvalue weighted by atomic mass is 79.9. The molecule has 0 N–H and O–H groups in total. The Balaban J connectivity index is 2.12. The molecule has 0 amide bonds. The van der Waals surface area contributed by atoms with Gasteiger partial charge in [-0.15, -0.1) is 0 Å². The lowest BCUT2D eigenvalue weighted by molar-refractivity contribution is 0.630. The van der Waals surface area contributed by atoms with Gasteiger partial charge in [0.05, 0.1) is 5.69 Å². The lowest BCUT2D eigenvalue weighted by Gasteiger charge is -2.06. The summed E-state index contributed by atoms with van der Waals surface area (Å²) in [6.07, 6.45) is 2.17. The molecule has 1 aliphatic carbocycles. The Labute approximate surface area is 117 Å². The first-order chi connectivity index (χ1) is 8.63. The lowest BCUT2D eigenvalue weighted by atomic mass is 10.1. The van der Waals surface area contributed by atoms with Gasteiger partial charge in [-0.1, -0.05) is 27.5 Å². The Morgan fingerprint density at radius 3 is 2.72 bits per heavy atom. The zero-order chi connectivity index (χ0) is 12.7. The third-order valence-electron chi connectivity index (χ3n) is 2.86. The van der Waals surface area contributed by atoms with Gasteiger partial charge in [0, 0.05) is 22.0 Å². The number of hydrogen-bond acceptors (Lipinski definition) is 2. The topological polar surface area (TPSA) is 25.8 Å². The number of aromatic nitrogens is 2. The minimum absolute atomic E-state index is 0.310. The van der Waals surface area contributed by atoms with Gasteiger partial charge in [-0.3, -0.25) is 0 Å². The van der Waals surface area contributed by atoms with Crippen LogP contribution in [0.15, 0.2) is 28.7 Å². The van der Waals surface area contributed by atoms with Gasteiger partial charge >= 0.3 is 0 Å². The molecular weight excluding hydrogens is 319 g/mol. The van der Waals surface area contributed by atoms with E-state index >= 15 is 0 Å². The van der Waals surface area contributed by atoms with Crippen LogP contribution in [-0.4, -0.2) is 9.97 Å². The van der Waals surface area contributed by atoms with E-state index in [-0.39, 0.29) is 5.82 Å². The SMILES string of the molecule is Fc1ccc(Br)cc1-c1cc(Cl)nc(C2CC2)n1. The van der Waals surface area contributed by atoms with Crippen LogP contribution in [0, 0.1) is 5.82 Å². The molecule has 2 nitrogen and oxygen atoms in total. The van der Waals surface area contributed by atoms with Crippen molar-refractivity contribution in [2.75, 3.05) is 0 Å². The van der Waals surface area contributed by atoms with E-state index in [0.717, 1.165) is 23.1 Å². The molecule has 2 aromatic rings. The van der Waals surface area contributed by atoms with E-state index in [2.05, 4.69) is 25.9 Å². The number of nitrogens with zero attached hydrogens (tertiary/aromatic N) is 2. The molecule has 18 heavy (non-hydrogen) atoms. The molecule has 1 fully saturated rings. The number of benzene rings is 1. The smallest absolute Gasteiger partial charge is 0.133 e. The molecule has 1 heterocycles. The molecule has 1 aromatic carbocycles. The number of halogens is 3. The molecule has 3 rings (SSSR count). The van der Waals surface area contributed by atoms with Crippen molar-refractivity contribution in [2.24, 2.45) is 0 Å². The molecule has 0 aliphatic heterocycles. The average molecular weight is 328 g/mol. The Hall–Kier alpha value is -1.00. The summed E-state index contributed by atoms with van der Waals surface area (Å²) in [6.45, 7) is 0. The zero-order valence-corrected chi connectivity index (χ0v) is 11.7. The maximum Gasteiger partial charge on any atom is 0.133 e. The minimum Gasteiger partial charge on any atom is -0.232 e. The van der Waals surface area contributed by atoms with Crippen LogP contribution in [0.4, 0.5) is 4.39 Å². The standard InChI is InChI=1S/C13H9BrClFN2/c14-8-3-4-10(16)9(5-8)11-6-12(15)18-13(17-11)7-1-2-7/h3-7H,1-2H2. The monoisotopic (exact) mass is 326 g/mol. The summed E-state index contributed by atoms with van der Waals surface area (Å²) in [5.41, 5.74) is 0.978. The van der Waals surface area contributed by atoms with E-state index in [4.69, 9.17) is 11.6 Å². The molecule has 92 valence electrons. The van der Waals surface area contributed by atoms with Gasteiger partial charge in [0.15, 0.2) is 0 Å². The van der Waals surface area contributed by atoms with Gasteiger partial charge in [-0.25, -0.2) is 14.4 Å². The second-order valence-corrected chi connectivity index (χ2v) is 5.64. The average Bonchev–Trinajstić information content (AvgIpc) is 3.15. The van der Waals surface area contributed by atoms with Gasteiger partial charge in [-0.05, 0) is 31.0 Å². The summed E-state index contributed by atoms with van der Waals surface area (Å²) in [5, 5.41) is 0.362. The van der Waals surface area contributed by atoms with Gasteiger partial charge < -0.3 is 0 Å². The molecular formula is C13H9BrClFN2. The van der Waals surface area contributed by atoms with E-state index < -0.39 is 0 Å². The summed E-state index contributed by atoms with van der Waals surface area (Å²) < 4.78 is 14.6. The summed E-state index contributed by atoms with van der Waals surface area (Å²) >= 11 is 9.31. The van der Waals surface area contributed by atoms with Crippen LogP contribution in [0.1, 0.15) is 24.6 Å². The lowest BCUT2D eigenvalue weighted by Crippen LogP contribution is -1.97. The molecule has 0 bridgehead atoms. The van der Waals surface area contributed by atoms with Crippen LogP contribution >= 0.6 is 27.5 Å². The van der Waals surface area contributed by atoms with Gasteiger partial charge in [0.2, 0.25) is 0 Å². The molecule has 1 saturated carbocycles. The third-order valence-corrected chi connectivity index (χ3v) is 3.55. The molecule has 0 unspecified atom stereocenters. The molecule has 0 saturated heterocycles. The van der Waals surface area contributed by atoms with Gasteiger partial charge in [0.1, 0.15) is 16.8 Å². The van der Waals surface area contributed by atoms with Crippen molar-refractivity contribution in [2.45, 2.75) is 18.8 Å². The molecule has 1 aromatic heterocycles. The second kappa shape index (κ2) is 4.59. The van der Waals surface area contributed by atoms with Crippen LogP contribution in [-0.2, 0) is 0 Å². The summed E-state index contributed by atoms with van der Waals surface area (Å²) in [5.74, 6) is 0.796. The first-order valence-corrected chi connectivity index (χ1v) is 6.80. The predicted octanol–water partition coefficient (Wildman–Crippen LogP) is 4.58. The maximum atomic E-state index is 13.8. The summed E-state index contributed by atoms with van der Waals surface area (Å²) in [4.78, 5) is 8.60. The van der Waals surface area contributed by atoms with E-state index in [9.17, 15) is 4.39 Å². The van der Waals surface area contributed by atoms with Crippen molar-refractivity contribution >= 4 is 27.5 Å². The largest absolute Gasteiger partial charge is 0.232 e. The molecule has 5 heteroatoms. The van der Waals surface area contributed by atoms with Crippen molar-refractivity contribution < 1.29 is 4.39 Å². The predicted molar refractivity (Wildman–Crippen MR) is 72.1 cm³/mol. The molecule has 0 spiro atoms. The first kappa shape index (κ1) is 12.1. The first-order valence-electron chi connectivity index (χ1n) is 5.63. The van der Waals surface area contributed by atoms with Crippen molar-refractivity contribution in [1.29, 1.82) is 0 Å². The van der Waals surface area contributed by atoms with Crippen LogP contribution in [0.25, 0.3) is 11.3 Å². The molecule has 0 atom stereocenters. The van der Waals surface area contributed by atoms with Crippen LogP contribution < -0.4 is 0 Å². The van der Waals surface area contributed by atoms with Crippen LogP contribution in [0.5, 0.6) is 0 Å². The van der Waals surface area contributed by atoms with Crippen molar-refractivity contribution in [1.82, 2.24) is 9.97 Å². The fourth-order valence-corrected chi connectivity index (χ4v) is 2.34. The van der Waals surface area contributed by atoms with E-state index in [1.165, 1.54) is 6.07 Å². The van der Waals surface area contributed by atoms with Crippen molar-refractivity contribution in [3.63, 3.8) is 0 Å². The molecule has 0 radical (unpaired) electrons. The number of rotatable bonds is 2. The van der Waals surface area contributed by atoms with Crippen LogP contribution in [0.3, 0.4) is 0 Å². The Bertz CT molecular complexity index is 614. The van der Waals surface area contributed by atoms with Crippen molar-refractivity contribution in [3.05, 3.63) is 45.5 Å². The summed E-state index contributed by atoms with van der Waals surface area (Å²) in [6, 6.07) is 6.36. The Morgan fingerprint density at radius 1 is 1.22 bits per heavy atom. The molecule has 1 aliphatic rings. The van der Waals surface area contributed by atoms with Crippen molar-refractivity contribution in [3.8, 4) is 11.3 Å². The second-order valence-electron chi connectivity index (χ2n) is 4.33. The Morgan fingerprint density at radius 2 is 2.00 bits per heavy atom. The normalized spacial score (nSPS) is 14.8. The third kappa shape index (κ3) is 2.40. The highest BCUT2D eigenvalue weighted by Crippen LogP contribution is 2.39. The Kier molecular flexibility index (Phi) is 3.08. The zero-order valence-electron chi connectivity index (χ0n) is 9.33. The highest BCUT2D eigenvalue weighted by Gasteiger charge is 2.27. The quantitative estimate of drug-likeness (QED) is 0.755. The van der Waals surface area contributed by atoms with E-state index in [0.29, 0.717) is 22.3 Å². The van der Waals surface area contributed by atoms with Crippen LogP contribution in [0.2, 0.25) is 5.15 Å². The fourth-order valence-electron chi connectivity index (χ4n) is 1.79. The maximum absolute atomic E-state index is 13.8. The van der Waals surface area contributed by atoms with Gasteiger partial charge in [-0.2, -0.15) is 0 Å². The minimum atomic E-state index is -0.310. The van der Waals surface area contributed by atoms with E-state index in [1.54, 1.807) is 18.2 Å². The van der Waals surface area contributed by atoms with Gasteiger partial charge in [0.25, 0.3) is 0 Å². The highest BCUT2D eigenvalue weighted by molar-refractivity contribution is 9.10. The summed E-state index contributed by atoms with van der Waals surface area (Å²) in [7, 11) is 0.